The maximum atomic E-state index is 10.4. The second-order valence-electron chi connectivity index (χ2n) is 6.48. The number of halogens is 1. The fraction of sp³-hybridized carbons (Fsp3) is 0.579. The van der Waals surface area contributed by atoms with Gasteiger partial charge in [-0.15, -0.1) is 24.0 Å². The molecule has 4 heteroatoms. The average Bonchev–Trinajstić information content (AvgIpc) is 2.56. The van der Waals surface area contributed by atoms with E-state index in [0.29, 0.717) is 5.92 Å². The Kier molecular flexibility index (Phi) is 7.37. The molecule has 128 valence electrons. The van der Waals surface area contributed by atoms with E-state index in [1.54, 1.807) is 0 Å². The molecular formula is C19H28INO2. The Bertz CT molecular complexity index is 493. The summed E-state index contributed by atoms with van der Waals surface area (Å²) in [7, 11) is 0. The molecule has 0 spiro atoms. The van der Waals surface area contributed by atoms with Crippen LogP contribution in [0.4, 0.5) is 0 Å². The van der Waals surface area contributed by atoms with Gasteiger partial charge >= 0.3 is 0 Å². The van der Waals surface area contributed by atoms with Gasteiger partial charge in [0.2, 0.25) is 0 Å². The lowest BCUT2D eigenvalue weighted by Gasteiger charge is -2.47. The van der Waals surface area contributed by atoms with Gasteiger partial charge in [-0.25, -0.2) is 0 Å². The SMILES string of the molecule is CCCCOc1ccc(C=CC2C(O)C3CCN2CC3)cc1.I. The van der Waals surface area contributed by atoms with Crippen molar-refractivity contribution in [1.29, 1.82) is 0 Å². The molecule has 0 aromatic heterocycles. The molecular weight excluding hydrogens is 401 g/mol. The number of ether oxygens (including phenoxy) is 1. The van der Waals surface area contributed by atoms with E-state index < -0.39 is 0 Å². The van der Waals surface area contributed by atoms with E-state index >= 15 is 0 Å². The van der Waals surface area contributed by atoms with Crippen molar-refractivity contribution in [3.8, 4) is 5.75 Å². The van der Waals surface area contributed by atoms with Crippen molar-refractivity contribution >= 4 is 30.1 Å². The first kappa shape index (κ1) is 18.7. The van der Waals surface area contributed by atoms with Crippen LogP contribution in [0.15, 0.2) is 30.3 Å². The van der Waals surface area contributed by atoms with E-state index in [1.165, 1.54) is 0 Å². The standard InChI is InChI=1S/C19H27NO2.HI/c1-2-3-14-22-17-7-4-15(5-8-17)6-9-18-19(21)16-10-12-20(18)13-11-16;/h4-9,16,18-19,21H,2-3,10-14H2,1H3;1H. The van der Waals surface area contributed by atoms with Gasteiger partial charge in [-0.1, -0.05) is 37.6 Å². The molecule has 3 saturated heterocycles. The van der Waals surface area contributed by atoms with Crippen molar-refractivity contribution in [2.24, 2.45) is 5.92 Å². The van der Waals surface area contributed by atoms with Crippen LogP contribution in [-0.4, -0.2) is 41.8 Å². The quantitative estimate of drug-likeness (QED) is 0.549. The molecule has 4 rings (SSSR count). The number of aliphatic hydroxyl groups excluding tert-OH is 1. The van der Waals surface area contributed by atoms with Crippen LogP contribution < -0.4 is 4.74 Å². The molecule has 1 aromatic rings. The number of hydrogen-bond acceptors (Lipinski definition) is 3. The molecule has 0 saturated carbocycles. The zero-order valence-electron chi connectivity index (χ0n) is 13.9. The monoisotopic (exact) mass is 429 g/mol. The number of aliphatic hydroxyl groups is 1. The largest absolute Gasteiger partial charge is 0.494 e. The van der Waals surface area contributed by atoms with Crippen molar-refractivity contribution < 1.29 is 9.84 Å². The molecule has 3 nitrogen and oxygen atoms in total. The van der Waals surface area contributed by atoms with Gasteiger partial charge in [0.25, 0.3) is 0 Å². The van der Waals surface area contributed by atoms with Crippen LogP contribution >= 0.6 is 24.0 Å². The van der Waals surface area contributed by atoms with Gasteiger partial charge in [0.1, 0.15) is 5.75 Å². The van der Waals surface area contributed by atoms with Gasteiger partial charge < -0.3 is 9.84 Å². The number of nitrogens with zero attached hydrogens (tertiary/aromatic N) is 1. The molecule has 3 aliphatic rings. The molecule has 0 amide bonds. The van der Waals surface area contributed by atoms with Crippen molar-refractivity contribution in [2.75, 3.05) is 19.7 Å². The second kappa shape index (κ2) is 9.04. The van der Waals surface area contributed by atoms with E-state index in [4.69, 9.17) is 4.74 Å². The smallest absolute Gasteiger partial charge is 0.119 e. The van der Waals surface area contributed by atoms with E-state index in [2.05, 4.69) is 36.1 Å². The fourth-order valence-electron chi connectivity index (χ4n) is 3.51. The summed E-state index contributed by atoms with van der Waals surface area (Å²) in [6, 6.07) is 8.41. The topological polar surface area (TPSA) is 32.7 Å². The predicted octanol–water partition coefficient (Wildman–Crippen LogP) is 3.95. The molecule has 3 aliphatic heterocycles. The van der Waals surface area contributed by atoms with Crippen LogP contribution in [0.3, 0.4) is 0 Å². The minimum absolute atomic E-state index is 0. The maximum Gasteiger partial charge on any atom is 0.119 e. The highest BCUT2D eigenvalue weighted by atomic mass is 127. The molecule has 0 aliphatic carbocycles. The molecule has 3 heterocycles. The highest BCUT2D eigenvalue weighted by molar-refractivity contribution is 14.0. The first-order chi connectivity index (χ1) is 10.8. The molecule has 2 atom stereocenters. The lowest BCUT2D eigenvalue weighted by molar-refractivity contribution is -0.0533. The Labute approximate surface area is 156 Å². The van der Waals surface area contributed by atoms with Gasteiger partial charge in [-0.3, -0.25) is 4.90 Å². The number of unbranched alkanes of at least 4 members (excludes halogenated alkanes) is 1. The zero-order chi connectivity index (χ0) is 15.4. The minimum atomic E-state index is -0.199. The molecule has 1 aromatic carbocycles. The minimum Gasteiger partial charge on any atom is -0.494 e. The summed E-state index contributed by atoms with van der Waals surface area (Å²) in [5.74, 6) is 1.43. The normalized spacial score (nSPS) is 29.5. The van der Waals surface area contributed by atoms with Crippen LogP contribution in [0.5, 0.6) is 5.75 Å². The molecule has 0 radical (unpaired) electrons. The van der Waals surface area contributed by atoms with Gasteiger partial charge in [-0.2, -0.15) is 0 Å². The lowest BCUT2D eigenvalue weighted by atomic mass is 9.80. The summed E-state index contributed by atoms with van der Waals surface area (Å²) in [5.41, 5.74) is 1.16. The highest BCUT2D eigenvalue weighted by Crippen LogP contribution is 2.33. The van der Waals surface area contributed by atoms with Crippen LogP contribution in [0.1, 0.15) is 38.2 Å². The molecule has 3 fully saturated rings. The summed E-state index contributed by atoms with van der Waals surface area (Å²) in [4.78, 5) is 2.41. The summed E-state index contributed by atoms with van der Waals surface area (Å²) < 4.78 is 5.68. The van der Waals surface area contributed by atoms with Crippen molar-refractivity contribution in [2.45, 2.75) is 44.8 Å². The highest BCUT2D eigenvalue weighted by Gasteiger charge is 2.39. The number of fused-ring (bicyclic) bond motifs is 3. The molecule has 2 unspecified atom stereocenters. The van der Waals surface area contributed by atoms with E-state index in [0.717, 1.165) is 56.7 Å². The predicted molar refractivity (Wildman–Crippen MR) is 105 cm³/mol. The van der Waals surface area contributed by atoms with Crippen LogP contribution in [-0.2, 0) is 0 Å². The number of hydrogen-bond donors (Lipinski definition) is 1. The Balaban J connectivity index is 0.00000192. The number of piperidine rings is 3. The Morgan fingerprint density at radius 3 is 2.52 bits per heavy atom. The van der Waals surface area contributed by atoms with Gasteiger partial charge in [-0.05, 0) is 56.0 Å². The Morgan fingerprint density at radius 2 is 1.91 bits per heavy atom. The van der Waals surface area contributed by atoms with Gasteiger partial charge in [0, 0.05) is 0 Å². The lowest BCUT2D eigenvalue weighted by Crippen LogP contribution is -2.56. The van der Waals surface area contributed by atoms with Crippen molar-refractivity contribution in [1.82, 2.24) is 4.90 Å². The van der Waals surface area contributed by atoms with E-state index in [-0.39, 0.29) is 36.1 Å². The van der Waals surface area contributed by atoms with Gasteiger partial charge in [0.15, 0.2) is 0 Å². The van der Waals surface area contributed by atoms with Crippen molar-refractivity contribution in [3.63, 3.8) is 0 Å². The molecule has 2 bridgehead atoms. The fourth-order valence-corrected chi connectivity index (χ4v) is 3.51. The Hall–Kier alpha value is -0.590. The van der Waals surface area contributed by atoms with Gasteiger partial charge in [0.05, 0.1) is 18.8 Å². The first-order valence-electron chi connectivity index (χ1n) is 8.61. The number of benzene rings is 1. The zero-order valence-corrected chi connectivity index (χ0v) is 16.2. The maximum absolute atomic E-state index is 10.4. The summed E-state index contributed by atoms with van der Waals surface area (Å²) in [5, 5.41) is 10.4. The first-order valence-corrected chi connectivity index (χ1v) is 8.61. The Morgan fingerprint density at radius 1 is 1.22 bits per heavy atom. The number of rotatable bonds is 6. The summed E-state index contributed by atoms with van der Waals surface area (Å²) >= 11 is 0. The van der Waals surface area contributed by atoms with Crippen LogP contribution in [0.25, 0.3) is 6.08 Å². The third-order valence-corrected chi connectivity index (χ3v) is 4.96. The van der Waals surface area contributed by atoms with Crippen LogP contribution in [0, 0.1) is 5.92 Å². The third kappa shape index (κ3) is 4.70. The van der Waals surface area contributed by atoms with Crippen molar-refractivity contribution in [3.05, 3.63) is 35.9 Å². The second-order valence-corrected chi connectivity index (χ2v) is 6.48. The van der Waals surface area contributed by atoms with E-state index in [9.17, 15) is 5.11 Å². The average molecular weight is 429 g/mol. The molecule has 1 N–H and O–H groups in total. The summed E-state index contributed by atoms with van der Waals surface area (Å²) in [6.07, 6.45) is 8.65. The molecule has 23 heavy (non-hydrogen) atoms. The summed E-state index contributed by atoms with van der Waals surface area (Å²) in [6.45, 7) is 5.21. The third-order valence-electron chi connectivity index (χ3n) is 4.96. The van der Waals surface area contributed by atoms with Crippen LogP contribution in [0.2, 0.25) is 0 Å². The van der Waals surface area contributed by atoms with E-state index in [1.807, 2.05) is 12.1 Å².